The lowest BCUT2D eigenvalue weighted by molar-refractivity contribution is 0.0967. The molecule has 0 radical (unpaired) electrons. The minimum Gasteiger partial charge on any atom is -0.393 e. The van der Waals surface area contributed by atoms with Crippen molar-refractivity contribution in [1.29, 1.82) is 0 Å². The van der Waals surface area contributed by atoms with Gasteiger partial charge in [0.2, 0.25) is 0 Å². The zero-order valence-corrected chi connectivity index (χ0v) is 18.2. The number of fused-ring (bicyclic) bond motifs is 1. The summed E-state index contributed by atoms with van der Waals surface area (Å²) in [6, 6.07) is 0. The fourth-order valence-electron chi connectivity index (χ4n) is 5.16. The first-order chi connectivity index (χ1) is 13.2. The molecule has 3 heteroatoms. The number of allylic oxidation sites excluding steroid dienone is 3. The molecule has 2 rings (SSSR count). The molecule has 28 heavy (non-hydrogen) atoms. The minimum absolute atomic E-state index is 0.0128. The third kappa shape index (κ3) is 5.92. The molecule has 0 amide bonds. The van der Waals surface area contributed by atoms with Gasteiger partial charge in [-0.1, -0.05) is 62.8 Å². The molecule has 0 aliphatic heterocycles. The number of hydrogen-bond donors (Lipinski definition) is 3. The molecule has 2 aliphatic carbocycles. The van der Waals surface area contributed by atoms with E-state index in [4.69, 9.17) is 0 Å². The first kappa shape index (κ1) is 23.1. The van der Waals surface area contributed by atoms with Crippen LogP contribution in [0.4, 0.5) is 0 Å². The van der Waals surface area contributed by atoms with Gasteiger partial charge in [0.1, 0.15) is 0 Å². The monoisotopic (exact) mass is 388 g/mol. The highest BCUT2D eigenvalue weighted by atomic mass is 16.3. The van der Waals surface area contributed by atoms with Crippen LogP contribution < -0.4 is 0 Å². The highest BCUT2D eigenvalue weighted by molar-refractivity contribution is 5.24. The molecule has 5 atom stereocenters. The predicted octanol–water partition coefficient (Wildman–Crippen LogP) is 4.95. The van der Waals surface area contributed by atoms with Gasteiger partial charge in [0.05, 0.1) is 18.8 Å². The molecule has 0 aromatic rings. The van der Waals surface area contributed by atoms with Crippen molar-refractivity contribution in [3.8, 4) is 0 Å². The van der Waals surface area contributed by atoms with Gasteiger partial charge < -0.3 is 15.3 Å². The zero-order chi connectivity index (χ0) is 20.9. The van der Waals surface area contributed by atoms with Crippen molar-refractivity contribution in [2.24, 2.45) is 23.2 Å². The molecule has 3 nitrogen and oxygen atoms in total. The molecule has 2 aliphatic rings. The van der Waals surface area contributed by atoms with Crippen LogP contribution in [0.25, 0.3) is 0 Å². The van der Waals surface area contributed by atoms with Crippen molar-refractivity contribution in [3.05, 3.63) is 47.6 Å². The van der Waals surface area contributed by atoms with E-state index in [1.54, 1.807) is 6.08 Å². The van der Waals surface area contributed by atoms with Crippen LogP contribution in [0.2, 0.25) is 0 Å². The highest BCUT2D eigenvalue weighted by Crippen LogP contribution is 2.53. The summed E-state index contributed by atoms with van der Waals surface area (Å²) in [6.45, 7) is 12.9. The van der Waals surface area contributed by atoms with Gasteiger partial charge in [-0.2, -0.15) is 0 Å². The van der Waals surface area contributed by atoms with Crippen molar-refractivity contribution in [2.75, 3.05) is 6.61 Å². The van der Waals surface area contributed by atoms with Crippen molar-refractivity contribution >= 4 is 0 Å². The lowest BCUT2D eigenvalue weighted by atomic mass is 9.71. The zero-order valence-electron chi connectivity index (χ0n) is 18.2. The van der Waals surface area contributed by atoms with Crippen LogP contribution in [-0.2, 0) is 0 Å². The van der Waals surface area contributed by atoms with Crippen molar-refractivity contribution in [3.63, 3.8) is 0 Å². The van der Waals surface area contributed by atoms with Crippen molar-refractivity contribution < 1.29 is 15.3 Å². The fraction of sp³-hybridized carbons (Fsp3) is 0.680. The minimum atomic E-state index is -0.599. The van der Waals surface area contributed by atoms with Gasteiger partial charge in [-0.25, -0.2) is 0 Å². The van der Waals surface area contributed by atoms with E-state index in [0.717, 1.165) is 37.7 Å². The summed E-state index contributed by atoms with van der Waals surface area (Å²) in [6.07, 6.45) is 12.5. The molecule has 1 fully saturated rings. The van der Waals surface area contributed by atoms with Gasteiger partial charge in [0.15, 0.2) is 0 Å². The Hall–Kier alpha value is -1.16. The molecule has 1 saturated carbocycles. The summed E-state index contributed by atoms with van der Waals surface area (Å²) in [4.78, 5) is 0. The van der Waals surface area contributed by atoms with Gasteiger partial charge in [0, 0.05) is 0 Å². The van der Waals surface area contributed by atoms with E-state index in [-0.39, 0.29) is 30.0 Å². The van der Waals surface area contributed by atoms with Crippen LogP contribution in [0.15, 0.2) is 47.6 Å². The topological polar surface area (TPSA) is 60.7 Å². The Morgan fingerprint density at radius 2 is 1.96 bits per heavy atom. The first-order valence-corrected chi connectivity index (χ1v) is 10.8. The molecule has 158 valence electrons. The smallest absolute Gasteiger partial charge is 0.0764 e. The van der Waals surface area contributed by atoms with E-state index in [0.29, 0.717) is 12.3 Å². The van der Waals surface area contributed by atoms with Gasteiger partial charge in [0.25, 0.3) is 0 Å². The van der Waals surface area contributed by atoms with E-state index in [9.17, 15) is 15.3 Å². The molecule has 0 saturated heterocycles. The average Bonchev–Trinajstić information content (AvgIpc) is 2.86. The first-order valence-electron chi connectivity index (χ1n) is 10.8. The molecule has 0 unspecified atom stereocenters. The summed E-state index contributed by atoms with van der Waals surface area (Å²) >= 11 is 0. The molecular weight excluding hydrogens is 348 g/mol. The molecule has 0 heterocycles. The third-order valence-corrected chi connectivity index (χ3v) is 6.79. The number of hydrogen-bond acceptors (Lipinski definition) is 3. The number of aliphatic hydroxyl groups excluding tert-OH is 3. The van der Waals surface area contributed by atoms with Gasteiger partial charge in [-0.15, -0.1) is 0 Å². The SMILES string of the molecule is C=C1CC/C=C(/C)C[C@H](O)/C=C(CO)/C=C/[C@@H]2[C@@H](C(C)C)[C@H](O)C[C@@]2(C)CC1. The highest BCUT2D eigenvalue weighted by Gasteiger charge is 2.49. The Morgan fingerprint density at radius 1 is 1.25 bits per heavy atom. The van der Waals surface area contributed by atoms with Crippen LogP contribution in [0.1, 0.15) is 66.2 Å². The number of rotatable bonds is 2. The predicted molar refractivity (Wildman–Crippen MR) is 117 cm³/mol. The van der Waals surface area contributed by atoms with Crippen molar-refractivity contribution in [1.82, 2.24) is 0 Å². The second kappa shape index (κ2) is 10.0. The summed E-state index contributed by atoms with van der Waals surface area (Å²) in [7, 11) is 0. The largest absolute Gasteiger partial charge is 0.393 e. The van der Waals surface area contributed by atoms with Gasteiger partial charge >= 0.3 is 0 Å². The summed E-state index contributed by atoms with van der Waals surface area (Å²) in [5.74, 6) is 0.835. The summed E-state index contributed by atoms with van der Waals surface area (Å²) in [5.41, 5.74) is 3.18. The molecule has 3 N–H and O–H groups in total. The Morgan fingerprint density at radius 3 is 2.61 bits per heavy atom. The molecule has 0 aromatic carbocycles. The van der Waals surface area contributed by atoms with Crippen LogP contribution in [0, 0.1) is 23.2 Å². The standard InChI is InChI=1S/C25H40O3/c1-17(2)24-22-10-9-20(16-26)14-21(27)13-19(4)8-6-7-18(3)11-12-25(22,5)15-23(24)28/h8-10,14,17,21-24,26-28H,3,6-7,11-13,15-16H2,1-2,4-5H3/b10-9+,19-8-,20-14-/t21-,22+,23+,24+,25+/m0/s1. The molecule has 0 aromatic heterocycles. The van der Waals surface area contributed by atoms with E-state index in [2.05, 4.69) is 39.5 Å². The summed E-state index contributed by atoms with van der Waals surface area (Å²) in [5, 5.41) is 31.0. The molecule has 0 spiro atoms. The van der Waals surface area contributed by atoms with Crippen molar-refractivity contribution in [2.45, 2.75) is 78.4 Å². The molecular formula is C25H40O3. The molecule has 0 bridgehead atoms. The second-order valence-corrected chi connectivity index (χ2v) is 9.64. The Bertz CT molecular complexity index is 628. The van der Waals surface area contributed by atoms with E-state index < -0.39 is 6.10 Å². The number of aliphatic hydroxyl groups is 3. The Labute approximate surface area is 171 Å². The van der Waals surface area contributed by atoms with Crippen LogP contribution in [-0.4, -0.2) is 34.1 Å². The maximum absolute atomic E-state index is 10.8. The maximum Gasteiger partial charge on any atom is 0.0764 e. The maximum atomic E-state index is 10.8. The third-order valence-electron chi connectivity index (χ3n) is 6.79. The Kier molecular flexibility index (Phi) is 8.30. The normalized spacial score (nSPS) is 40.6. The van der Waals surface area contributed by atoms with Gasteiger partial charge in [-0.05, 0) is 74.2 Å². The lowest BCUT2D eigenvalue weighted by Crippen LogP contribution is -2.28. The van der Waals surface area contributed by atoms with Crippen LogP contribution >= 0.6 is 0 Å². The fourth-order valence-corrected chi connectivity index (χ4v) is 5.16. The van der Waals surface area contributed by atoms with Crippen LogP contribution in [0.3, 0.4) is 0 Å². The van der Waals surface area contributed by atoms with E-state index in [1.807, 2.05) is 13.0 Å². The quantitative estimate of drug-likeness (QED) is 0.587. The van der Waals surface area contributed by atoms with Crippen LogP contribution in [0.5, 0.6) is 0 Å². The van der Waals surface area contributed by atoms with Gasteiger partial charge in [-0.3, -0.25) is 0 Å². The van der Waals surface area contributed by atoms with E-state index >= 15 is 0 Å². The summed E-state index contributed by atoms with van der Waals surface area (Å²) < 4.78 is 0. The lowest BCUT2D eigenvalue weighted by Gasteiger charge is -2.34. The average molecular weight is 389 g/mol. The second-order valence-electron chi connectivity index (χ2n) is 9.64. The van der Waals surface area contributed by atoms with E-state index in [1.165, 1.54) is 11.1 Å². The Balaban J connectivity index is 2.39.